The van der Waals surface area contributed by atoms with Gasteiger partial charge in [0, 0.05) is 4.47 Å². The third-order valence-corrected chi connectivity index (χ3v) is 3.72. The molecule has 8 heteroatoms. The van der Waals surface area contributed by atoms with Crippen LogP contribution in [0.15, 0.2) is 33.6 Å². The Morgan fingerprint density at radius 2 is 2.06 bits per heavy atom. The molecule has 1 aromatic rings. The summed E-state index contributed by atoms with van der Waals surface area (Å²) >= 11 is 3.06. The molecule has 1 aromatic carbocycles. The minimum Gasteiger partial charge on any atom is -0.479 e. The largest absolute Gasteiger partial charge is 0.479 e. The number of aliphatic carboxylic acids is 1. The first-order valence-electron chi connectivity index (χ1n) is 4.03. The van der Waals surface area contributed by atoms with E-state index in [0.29, 0.717) is 4.47 Å². The van der Waals surface area contributed by atoms with Gasteiger partial charge < -0.3 is 5.11 Å². The first-order valence-corrected chi connectivity index (χ1v) is 6.31. The van der Waals surface area contributed by atoms with Crippen molar-refractivity contribution in [3.8, 4) is 0 Å². The molecule has 0 radical (unpaired) electrons. The minimum atomic E-state index is -3.87. The molecular weight excluding hydrogens is 302 g/mol. The van der Waals surface area contributed by atoms with E-state index in [1.54, 1.807) is 17.0 Å². The Morgan fingerprint density at radius 1 is 1.44 bits per heavy atom. The fourth-order valence-electron chi connectivity index (χ4n) is 0.876. The number of hydrogen-bond acceptors (Lipinski definition) is 4. The summed E-state index contributed by atoms with van der Waals surface area (Å²) < 4.78 is 23.5. The molecule has 0 spiro atoms. The standard InChI is InChI=1S/C8H8BrNO5S/c9-6-3-1-2-4-7(6)16(13,14)10-15-5-8(11)12/h1-4,10H,5H2,(H,11,12). The van der Waals surface area contributed by atoms with Crippen molar-refractivity contribution < 1.29 is 23.2 Å². The van der Waals surface area contributed by atoms with E-state index in [1.807, 2.05) is 0 Å². The molecule has 0 aromatic heterocycles. The Hall–Kier alpha value is -0.960. The summed E-state index contributed by atoms with van der Waals surface area (Å²) in [5.41, 5.74) is 0. The number of benzene rings is 1. The smallest absolute Gasteiger partial charge is 0.331 e. The summed E-state index contributed by atoms with van der Waals surface area (Å²) in [4.78, 5) is 16.1. The van der Waals surface area contributed by atoms with E-state index in [0.717, 1.165) is 0 Å². The molecular formula is C8H8BrNO5S. The predicted octanol–water partition coefficient (Wildman–Crippen LogP) is 0.744. The highest BCUT2D eigenvalue weighted by molar-refractivity contribution is 9.10. The molecule has 0 bridgehead atoms. The minimum absolute atomic E-state index is 0.0274. The first kappa shape index (κ1) is 13.1. The SMILES string of the molecule is O=C(O)CONS(=O)(=O)c1ccccc1Br. The van der Waals surface area contributed by atoms with Crippen LogP contribution in [0, 0.1) is 0 Å². The fraction of sp³-hybridized carbons (Fsp3) is 0.125. The number of hydrogen-bond donors (Lipinski definition) is 2. The van der Waals surface area contributed by atoms with E-state index < -0.39 is 22.6 Å². The number of sulfonamides is 1. The van der Waals surface area contributed by atoms with E-state index in [1.165, 1.54) is 12.1 Å². The molecule has 16 heavy (non-hydrogen) atoms. The Kier molecular flexibility index (Phi) is 4.42. The zero-order valence-electron chi connectivity index (χ0n) is 7.88. The number of halogens is 1. The highest BCUT2D eigenvalue weighted by Crippen LogP contribution is 2.20. The van der Waals surface area contributed by atoms with E-state index in [-0.39, 0.29) is 4.90 Å². The zero-order chi connectivity index (χ0) is 12.2. The van der Waals surface area contributed by atoms with Crippen LogP contribution in [0.4, 0.5) is 0 Å². The van der Waals surface area contributed by atoms with Crippen LogP contribution in [0.1, 0.15) is 0 Å². The Labute approximate surface area is 100 Å². The topological polar surface area (TPSA) is 92.7 Å². The average molecular weight is 310 g/mol. The van der Waals surface area contributed by atoms with E-state index in [2.05, 4.69) is 20.8 Å². The van der Waals surface area contributed by atoms with Gasteiger partial charge in [0.15, 0.2) is 6.61 Å². The first-order chi connectivity index (χ1) is 7.43. The van der Waals surface area contributed by atoms with Gasteiger partial charge in [-0.05, 0) is 28.1 Å². The zero-order valence-corrected chi connectivity index (χ0v) is 10.3. The van der Waals surface area contributed by atoms with Crippen LogP contribution in [0.3, 0.4) is 0 Å². The Balaban J connectivity index is 2.79. The fourth-order valence-corrected chi connectivity index (χ4v) is 2.69. The molecule has 0 aliphatic rings. The number of carboxylic acid groups (broad SMARTS) is 1. The molecule has 88 valence electrons. The van der Waals surface area contributed by atoms with Crippen LogP contribution < -0.4 is 4.89 Å². The van der Waals surface area contributed by atoms with Crippen LogP contribution in [0.25, 0.3) is 0 Å². The summed E-state index contributed by atoms with van der Waals surface area (Å²) in [6.45, 7) is -0.746. The molecule has 0 unspecified atom stereocenters. The van der Waals surface area contributed by atoms with Crippen LogP contribution >= 0.6 is 15.9 Å². The van der Waals surface area contributed by atoms with Crippen molar-refractivity contribution in [2.45, 2.75) is 4.90 Å². The number of carbonyl (C=O) groups is 1. The monoisotopic (exact) mass is 309 g/mol. The third-order valence-electron chi connectivity index (χ3n) is 1.49. The maximum absolute atomic E-state index is 11.6. The van der Waals surface area contributed by atoms with Gasteiger partial charge in [0.05, 0.1) is 4.90 Å². The van der Waals surface area contributed by atoms with E-state index in [4.69, 9.17) is 5.11 Å². The maximum atomic E-state index is 11.6. The molecule has 0 heterocycles. The lowest BCUT2D eigenvalue weighted by Crippen LogP contribution is -2.27. The van der Waals surface area contributed by atoms with Crippen molar-refractivity contribution in [2.24, 2.45) is 0 Å². The second-order valence-electron chi connectivity index (χ2n) is 2.70. The molecule has 0 saturated carbocycles. The molecule has 0 fully saturated rings. The van der Waals surface area contributed by atoms with Gasteiger partial charge in [0.25, 0.3) is 10.0 Å². The van der Waals surface area contributed by atoms with Gasteiger partial charge in [-0.15, -0.1) is 0 Å². The van der Waals surface area contributed by atoms with Gasteiger partial charge in [-0.1, -0.05) is 17.0 Å². The molecule has 0 aliphatic carbocycles. The van der Waals surface area contributed by atoms with Crippen LogP contribution in [0.2, 0.25) is 0 Å². The van der Waals surface area contributed by atoms with Crippen LogP contribution in [-0.4, -0.2) is 26.1 Å². The molecule has 2 N–H and O–H groups in total. The lowest BCUT2D eigenvalue weighted by Gasteiger charge is -2.06. The van der Waals surface area contributed by atoms with E-state index >= 15 is 0 Å². The molecule has 0 atom stereocenters. The normalized spacial score (nSPS) is 11.3. The van der Waals surface area contributed by atoms with Crippen molar-refractivity contribution in [2.75, 3.05) is 6.61 Å². The van der Waals surface area contributed by atoms with E-state index in [9.17, 15) is 13.2 Å². The maximum Gasteiger partial charge on any atom is 0.331 e. The molecule has 6 nitrogen and oxygen atoms in total. The second-order valence-corrected chi connectivity index (χ2v) is 5.17. The molecule has 0 saturated heterocycles. The van der Waals surface area contributed by atoms with Crippen LogP contribution in [-0.2, 0) is 19.7 Å². The van der Waals surface area contributed by atoms with Gasteiger partial charge in [-0.3, -0.25) is 4.84 Å². The summed E-state index contributed by atoms with van der Waals surface area (Å²) in [5, 5.41) is 8.27. The second kappa shape index (κ2) is 5.39. The summed E-state index contributed by atoms with van der Waals surface area (Å²) in [6, 6.07) is 6.10. The average Bonchev–Trinajstić information content (AvgIpc) is 2.17. The molecule has 0 amide bonds. The van der Waals surface area contributed by atoms with Crippen molar-refractivity contribution >= 4 is 31.9 Å². The van der Waals surface area contributed by atoms with Gasteiger partial charge in [0.2, 0.25) is 0 Å². The summed E-state index contributed by atoms with van der Waals surface area (Å²) in [7, 11) is -3.87. The number of carboxylic acids is 1. The third kappa shape index (κ3) is 3.56. The van der Waals surface area contributed by atoms with Crippen molar-refractivity contribution in [1.29, 1.82) is 0 Å². The summed E-state index contributed by atoms with van der Waals surface area (Å²) in [6.07, 6.45) is 0. The predicted molar refractivity (Wildman–Crippen MR) is 58.1 cm³/mol. The lowest BCUT2D eigenvalue weighted by molar-refractivity contribution is -0.143. The Morgan fingerprint density at radius 3 is 2.62 bits per heavy atom. The number of rotatable bonds is 5. The highest BCUT2D eigenvalue weighted by Gasteiger charge is 2.17. The summed E-state index contributed by atoms with van der Waals surface area (Å²) in [5.74, 6) is -1.27. The molecule has 0 aliphatic heterocycles. The van der Waals surface area contributed by atoms with Crippen LogP contribution in [0.5, 0.6) is 0 Å². The van der Waals surface area contributed by atoms with Crippen molar-refractivity contribution in [3.05, 3.63) is 28.7 Å². The van der Waals surface area contributed by atoms with Gasteiger partial charge in [0.1, 0.15) is 0 Å². The number of nitrogens with one attached hydrogen (secondary N) is 1. The van der Waals surface area contributed by atoms with Gasteiger partial charge in [-0.2, -0.15) is 0 Å². The Bertz CT molecular complexity index is 487. The highest BCUT2D eigenvalue weighted by atomic mass is 79.9. The quantitative estimate of drug-likeness (QED) is 0.783. The van der Waals surface area contributed by atoms with Crippen molar-refractivity contribution in [1.82, 2.24) is 4.89 Å². The molecule has 1 rings (SSSR count). The van der Waals surface area contributed by atoms with Gasteiger partial charge >= 0.3 is 5.97 Å². The van der Waals surface area contributed by atoms with Crippen molar-refractivity contribution in [3.63, 3.8) is 0 Å². The van der Waals surface area contributed by atoms with Gasteiger partial charge in [-0.25, -0.2) is 13.2 Å². The lowest BCUT2D eigenvalue weighted by atomic mass is 10.4.